The van der Waals surface area contributed by atoms with Gasteiger partial charge in [-0.3, -0.25) is 4.79 Å². The molecule has 4 nitrogen and oxygen atoms in total. The topological polar surface area (TPSA) is 46.9 Å². The number of amides is 1. The largest absolute Gasteiger partial charge is 0.348 e. The van der Waals surface area contributed by atoms with E-state index in [2.05, 4.69) is 41.1 Å². The van der Waals surface area contributed by atoms with Crippen molar-refractivity contribution in [3.63, 3.8) is 0 Å². The van der Waals surface area contributed by atoms with Gasteiger partial charge in [0.15, 0.2) is 0 Å². The van der Waals surface area contributed by atoms with Gasteiger partial charge in [0.05, 0.1) is 5.69 Å². The van der Waals surface area contributed by atoms with E-state index in [1.165, 1.54) is 31.2 Å². The number of rotatable bonds is 3. The van der Waals surface area contributed by atoms with Crippen LogP contribution in [0.2, 0.25) is 0 Å². The molecule has 1 amide bonds. The van der Waals surface area contributed by atoms with Crippen LogP contribution in [0, 0.1) is 6.92 Å². The lowest BCUT2D eigenvalue weighted by Crippen LogP contribution is -2.36. The molecule has 138 valence electrons. The van der Waals surface area contributed by atoms with Crippen LogP contribution < -0.4 is 5.32 Å². The summed E-state index contributed by atoms with van der Waals surface area (Å²) in [6.07, 6.45) is 10.4. The van der Waals surface area contributed by atoms with E-state index in [-0.39, 0.29) is 5.91 Å². The van der Waals surface area contributed by atoms with Crippen molar-refractivity contribution >= 4 is 5.91 Å². The highest BCUT2D eigenvalue weighted by Gasteiger charge is 2.26. The smallest absolute Gasteiger partial charge is 0.272 e. The summed E-state index contributed by atoms with van der Waals surface area (Å²) in [5, 5.41) is 3.26. The number of fused-ring (bicyclic) bond motifs is 1. The second kappa shape index (κ2) is 7.65. The summed E-state index contributed by atoms with van der Waals surface area (Å²) >= 11 is 0. The third-order valence-electron chi connectivity index (χ3n) is 5.83. The van der Waals surface area contributed by atoms with Gasteiger partial charge in [0.2, 0.25) is 0 Å². The zero-order chi connectivity index (χ0) is 17.9. The van der Waals surface area contributed by atoms with Crippen LogP contribution in [-0.2, 0) is 13.0 Å². The molecule has 0 spiro atoms. The fraction of sp³-hybridized carbons (Fsp3) is 0.545. The van der Waals surface area contributed by atoms with Gasteiger partial charge in [-0.05, 0) is 39.0 Å². The van der Waals surface area contributed by atoms with Gasteiger partial charge in [0.25, 0.3) is 5.91 Å². The number of carbonyl (C=O) groups is 1. The van der Waals surface area contributed by atoms with Crippen molar-refractivity contribution in [1.29, 1.82) is 0 Å². The molecule has 2 aliphatic rings. The van der Waals surface area contributed by atoms with Crippen LogP contribution in [0.15, 0.2) is 24.3 Å². The third kappa shape index (κ3) is 3.55. The fourth-order valence-corrected chi connectivity index (χ4v) is 4.33. The van der Waals surface area contributed by atoms with Gasteiger partial charge in [0, 0.05) is 18.2 Å². The highest BCUT2D eigenvalue weighted by Crippen LogP contribution is 2.28. The predicted molar refractivity (Wildman–Crippen MR) is 104 cm³/mol. The molecule has 26 heavy (non-hydrogen) atoms. The van der Waals surface area contributed by atoms with Gasteiger partial charge in [0.1, 0.15) is 11.5 Å². The first-order valence-electron chi connectivity index (χ1n) is 10.2. The number of aryl methyl sites for hydroxylation is 1. The van der Waals surface area contributed by atoms with Gasteiger partial charge in [-0.1, -0.05) is 55.5 Å². The predicted octanol–water partition coefficient (Wildman–Crippen LogP) is 4.65. The number of benzene rings is 1. The minimum atomic E-state index is 0.0286. The molecule has 2 aromatic rings. The van der Waals surface area contributed by atoms with Crippen molar-refractivity contribution in [2.45, 2.75) is 77.3 Å². The molecule has 1 saturated carbocycles. The molecule has 1 aliphatic heterocycles. The second-order valence-corrected chi connectivity index (χ2v) is 7.87. The summed E-state index contributed by atoms with van der Waals surface area (Å²) in [6.45, 7) is 3.06. The molecule has 1 N–H and O–H groups in total. The van der Waals surface area contributed by atoms with Crippen LogP contribution in [0.1, 0.15) is 73.1 Å². The lowest BCUT2D eigenvalue weighted by molar-refractivity contribution is 0.0922. The van der Waals surface area contributed by atoms with Crippen LogP contribution in [0.3, 0.4) is 0 Å². The molecule has 1 aliphatic carbocycles. The lowest BCUT2D eigenvalue weighted by Gasteiger charge is -2.22. The van der Waals surface area contributed by atoms with E-state index in [1.54, 1.807) is 0 Å². The van der Waals surface area contributed by atoms with Gasteiger partial charge in [-0.2, -0.15) is 0 Å². The van der Waals surface area contributed by atoms with Crippen LogP contribution in [0.4, 0.5) is 0 Å². The van der Waals surface area contributed by atoms with E-state index in [4.69, 9.17) is 4.98 Å². The first kappa shape index (κ1) is 17.3. The summed E-state index contributed by atoms with van der Waals surface area (Å²) in [4.78, 5) is 17.9. The minimum Gasteiger partial charge on any atom is -0.348 e. The van der Waals surface area contributed by atoms with Crippen molar-refractivity contribution in [3.05, 3.63) is 41.2 Å². The van der Waals surface area contributed by atoms with Crippen LogP contribution in [0.25, 0.3) is 11.4 Å². The van der Waals surface area contributed by atoms with Crippen LogP contribution in [-0.4, -0.2) is 21.5 Å². The van der Waals surface area contributed by atoms with E-state index >= 15 is 0 Å². The average molecular weight is 351 g/mol. The monoisotopic (exact) mass is 351 g/mol. The summed E-state index contributed by atoms with van der Waals surface area (Å²) < 4.78 is 2.30. The standard InChI is InChI=1S/C22H29N3O/c1-16-11-13-17(14-12-16)21-24-20(19-10-6-3-7-15-25(19)21)22(26)23-18-8-4-2-5-9-18/h11-14,18H,2-10,15H2,1H3,(H,23,26). The third-order valence-corrected chi connectivity index (χ3v) is 5.83. The Hall–Kier alpha value is -2.10. The van der Waals surface area contributed by atoms with E-state index in [0.29, 0.717) is 11.7 Å². The summed E-state index contributed by atoms with van der Waals surface area (Å²) in [5.74, 6) is 0.983. The number of imidazole rings is 1. The first-order valence-corrected chi connectivity index (χ1v) is 10.2. The molecule has 1 aromatic heterocycles. The highest BCUT2D eigenvalue weighted by molar-refractivity contribution is 5.94. The second-order valence-electron chi connectivity index (χ2n) is 7.87. The maximum Gasteiger partial charge on any atom is 0.272 e. The molecule has 1 fully saturated rings. The normalized spacial score (nSPS) is 18.2. The molecule has 1 aromatic carbocycles. The van der Waals surface area contributed by atoms with Gasteiger partial charge < -0.3 is 9.88 Å². The number of nitrogens with zero attached hydrogens (tertiary/aromatic N) is 2. The number of hydrogen-bond acceptors (Lipinski definition) is 2. The Bertz CT molecular complexity index is 769. The van der Waals surface area contributed by atoms with E-state index in [1.807, 2.05) is 0 Å². The molecule has 0 atom stereocenters. The Balaban J connectivity index is 1.67. The Kier molecular flexibility index (Phi) is 5.09. The van der Waals surface area contributed by atoms with Crippen molar-refractivity contribution < 1.29 is 4.79 Å². The van der Waals surface area contributed by atoms with E-state index in [9.17, 15) is 4.79 Å². The van der Waals surface area contributed by atoms with Gasteiger partial charge in [-0.15, -0.1) is 0 Å². The molecule has 4 heteroatoms. The molecule has 0 unspecified atom stereocenters. The number of carbonyl (C=O) groups excluding carboxylic acids is 1. The molecule has 2 heterocycles. The molecule has 4 rings (SSSR count). The maximum absolute atomic E-state index is 13.0. The van der Waals surface area contributed by atoms with Crippen molar-refractivity contribution in [3.8, 4) is 11.4 Å². The van der Waals surface area contributed by atoms with Crippen molar-refractivity contribution in [2.24, 2.45) is 0 Å². The molecule has 0 saturated heterocycles. The van der Waals surface area contributed by atoms with Gasteiger partial charge >= 0.3 is 0 Å². The first-order chi connectivity index (χ1) is 12.7. The number of aromatic nitrogens is 2. The molecule has 0 bridgehead atoms. The summed E-state index contributed by atoms with van der Waals surface area (Å²) in [5.41, 5.74) is 4.14. The van der Waals surface area contributed by atoms with Gasteiger partial charge in [-0.25, -0.2) is 4.98 Å². The Morgan fingerprint density at radius 1 is 1.04 bits per heavy atom. The molecule has 0 radical (unpaired) electrons. The van der Waals surface area contributed by atoms with Crippen LogP contribution >= 0.6 is 0 Å². The number of hydrogen-bond donors (Lipinski definition) is 1. The lowest BCUT2D eigenvalue weighted by atomic mass is 9.95. The SMILES string of the molecule is Cc1ccc(-c2nc(C(=O)NC3CCCCC3)c3n2CCCCC3)cc1. The summed E-state index contributed by atoms with van der Waals surface area (Å²) in [6, 6.07) is 8.81. The maximum atomic E-state index is 13.0. The number of nitrogens with one attached hydrogen (secondary N) is 1. The average Bonchev–Trinajstić information content (AvgIpc) is 2.85. The Morgan fingerprint density at radius 3 is 2.54 bits per heavy atom. The Morgan fingerprint density at radius 2 is 1.77 bits per heavy atom. The zero-order valence-electron chi connectivity index (χ0n) is 15.8. The zero-order valence-corrected chi connectivity index (χ0v) is 15.8. The Labute approximate surface area is 156 Å². The van der Waals surface area contributed by atoms with E-state index in [0.717, 1.165) is 55.7 Å². The highest BCUT2D eigenvalue weighted by atomic mass is 16.2. The minimum absolute atomic E-state index is 0.0286. The fourth-order valence-electron chi connectivity index (χ4n) is 4.33. The van der Waals surface area contributed by atoms with Crippen LogP contribution in [0.5, 0.6) is 0 Å². The molecular formula is C22H29N3O. The van der Waals surface area contributed by atoms with Crippen molar-refractivity contribution in [1.82, 2.24) is 14.9 Å². The van der Waals surface area contributed by atoms with Crippen molar-refractivity contribution in [2.75, 3.05) is 0 Å². The van der Waals surface area contributed by atoms with E-state index < -0.39 is 0 Å². The quantitative estimate of drug-likeness (QED) is 0.875. The molecular weight excluding hydrogens is 322 g/mol. The summed E-state index contributed by atoms with van der Waals surface area (Å²) in [7, 11) is 0.